The summed E-state index contributed by atoms with van der Waals surface area (Å²) in [5, 5.41) is 13.2. The second kappa shape index (κ2) is 4.56. The lowest BCUT2D eigenvalue weighted by Gasteiger charge is -2.50. The maximum Gasteiger partial charge on any atom is 0.141 e. The first-order valence-electron chi connectivity index (χ1n) is 6.40. The number of nitriles is 1. The van der Waals surface area contributed by atoms with Crippen molar-refractivity contribution in [3.8, 4) is 6.07 Å². The van der Waals surface area contributed by atoms with Gasteiger partial charge in [-0.05, 0) is 59.9 Å². The molecule has 0 aliphatic carbocycles. The summed E-state index contributed by atoms with van der Waals surface area (Å²) in [5.41, 5.74) is 0.605. The average molecular weight is 306 g/mol. The van der Waals surface area contributed by atoms with Gasteiger partial charge in [0.25, 0.3) is 0 Å². The molecule has 3 fully saturated rings. The Morgan fingerprint density at radius 2 is 2.06 bits per heavy atom. The summed E-state index contributed by atoms with van der Waals surface area (Å²) in [4.78, 5) is 2.40. The van der Waals surface area contributed by atoms with Crippen LogP contribution in [0.2, 0.25) is 0 Å². The van der Waals surface area contributed by atoms with Crippen LogP contribution in [-0.2, 0) is 0 Å². The number of rotatable bonds is 2. The lowest BCUT2D eigenvalue weighted by molar-refractivity contribution is 0.0674. The molecule has 3 aliphatic heterocycles. The van der Waals surface area contributed by atoms with Gasteiger partial charge >= 0.3 is 0 Å². The molecule has 0 spiro atoms. The lowest BCUT2D eigenvalue weighted by atomic mass is 9.73. The van der Waals surface area contributed by atoms with Crippen LogP contribution >= 0.6 is 15.9 Å². The van der Waals surface area contributed by atoms with E-state index in [-0.39, 0.29) is 0 Å². The molecule has 1 unspecified atom stereocenters. The van der Waals surface area contributed by atoms with Gasteiger partial charge in [-0.3, -0.25) is 4.90 Å². The van der Waals surface area contributed by atoms with Gasteiger partial charge in [-0.15, -0.1) is 0 Å². The van der Waals surface area contributed by atoms with E-state index in [0.29, 0.717) is 5.92 Å². The Balaban J connectivity index is 1.90. The van der Waals surface area contributed by atoms with E-state index in [9.17, 15) is 5.26 Å². The highest BCUT2D eigenvalue weighted by molar-refractivity contribution is 9.10. The average Bonchev–Trinajstić information content (AvgIpc) is 2.43. The summed E-state index contributed by atoms with van der Waals surface area (Å²) in [6.45, 7) is 3.13. The number of nitrogens with one attached hydrogen (secondary N) is 1. The molecule has 3 nitrogen and oxygen atoms in total. The van der Waals surface area contributed by atoms with Crippen LogP contribution in [0.5, 0.6) is 0 Å². The van der Waals surface area contributed by atoms with Gasteiger partial charge in [-0.1, -0.05) is 12.1 Å². The van der Waals surface area contributed by atoms with Crippen molar-refractivity contribution in [3.05, 3.63) is 28.7 Å². The zero-order valence-corrected chi connectivity index (χ0v) is 11.8. The van der Waals surface area contributed by atoms with Gasteiger partial charge in [0, 0.05) is 16.7 Å². The Morgan fingerprint density at radius 1 is 1.33 bits per heavy atom. The molecule has 1 atom stereocenters. The van der Waals surface area contributed by atoms with Crippen LogP contribution in [0, 0.1) is 17.2 Å². The first-order valence-corrected chi connectivity index (χ1v) is 7.19. The lowest BCUT2D eigenvalue weighted by Crippen LogP contribution is -2.62. The molecule has 3 aliphatic rings. The van der Waals surface area contributed by atoms with Crippen molar-refractivity contribution < 1.29 is 0 Å². The van der Waals surface area contributed by atoms with E-state index in [4.69, 9.17) is 0 Å². The predicted molar refractivity (Wildman–Crippen MR) is 75.3 cm³/mol. The predicted octanol–water partition coefficient (Wildman–Crippen LogP) is 2.85. The first-order chi connectivity index (χ1) is 8.73. The SMILES string of the molecule is N#CC1(Nc2ccccc2Br)CN2CCC1CC2. The maximum atomic E-state index is 9.66. The fourth-order valence-corrected chi connectivity index (χ4v) is 3.55. The molecule has 18 heavy (non-hydrogen) atoms. The molecule has 1 aromatic carbocycles. The Morgan fingerprint density at radius 3 is 2.61 bits per heavy atom. The second-order valence-electron chi connectivity index (χ2n) is 5.24. The molecule has 0 amide bonds. The van der Waals surface area contributed by atoms with Gasteiger partial charge in [0.1, 0.15) is 5.54 Å². The maximum absolute atomic E-state index is 9.66. The minimum atomic E-state index is -0.416. The van der Waals surface area contributed by atoms with Crippen LogP contribution in [0.15, 0.2) is 28.7 Å². The largest absolute Gasteiger partial charge is 0.365 e. The minimum Gasteiger partial charge on any atom is -0.365 e. The molecule has 1 N–H and O–H groups in total. The fourth-order valence-electron chi connectivity index (χ4n) is 3.16. The number of hydrogen-bond donors (Lipinski definition) is 1. The van der Waals surface area contributed by atoms with E-state index < -0.39 is 5.54 Å². The summed E-state index contributed by atoms with van der Waals surface area (Å²) in [6, 6.07) is 10.6. The highest BCUT2D eigenvalue weighted by Crippen LogP contribution is 2.38. The smallest absolute Gasteiger partial charge is 0.141 e. The third kappa shape index (κ3) is 1.92. The highest BCUT2D eigenvalue weighted by atomic mass is 79.9. The quantitative estimate of drug-likeness (QED) is 0.913. The van der Waals surface area contributed by atoms with Crippen LogP contribution in [0.3, 0.4) is 0 Å². The number of halogens is 1. The Labute approximate surface area is 116 Å². The summed E-state index contributed by atoms with van der Waals surface area (Å²) >= 11 is 3.54. The van der Waals surface area contributed by atoms with Crippen LogP contribution < -0.4 is 5.32 Å². The van der Waals surface area contributed by atoms with Crippen LogP contribution in [0.1, 0.15) is 12.8 Å². The van der Waals surface area contributed by atoms with Crippen molar-refractivity contribution in [1.29, 1.82) is 5.26 Å². The highest BCUT2D eigenvalue weighted by Gasteiger charge is 2.47. The fraction of sp³-hybridized carbons (Fsp3) is 0.500. The molecule has 1 aromatic rings. The van der Waals surface area contributed by atoms with Crippen molar-refractivity contribution in [2.24, 2.45) is 5.92 Å². The molecule has 0 radical (unpaired) electrons. The minimum absolute atomic E-state index is 0.416. The number of piperidine rings is 3. The van der Waals surface area contributed by atoms with Crippen molar-refractivity contribution in [1.82, 2.24) is 4.90 Å². The molecule has 4 rings (SSSR count). The van der Waals surface area contributed by atoms with Crippen molar-refractivity contribution in [2.75, 3.05) is 25.0 Å². The number of para-hydroxylation sites is 1. The molecule has 94 valence electrons. The van der Waals surface area contributed by atoms with Gasteiger partial charge in [0.15, 0.2) is 0 Å². The summed E-state index contributed by atoms with van der Waals surface area (Å²) in [7, 11) is 0. The molecule has 3 saturated heterocycles. The molecular formula is C14H16BrN3. The van der Waals surface area contributed by atoms with Gasteiger partial charge in [-0.25, -0.2) is 0 Å². The number of nitrogens with zero attached hydrogens (tertiary/aromatic N) is 2. The van der Waals surface area contributed by atoms with E-state index in [2.05, 4.69) is 32.2 Å². The van der Waals surface area contributed by atoms with Gasteiger partial charge in [-0.2, -0.15) is 5.26 Å². The molecule has 0 aromatic heterocycles. The van der Waals surface area contributed by atoms with Gasteiger partial charge < -0.3 is 5.32 Å². The number of fused-ring (bicyclic) bond motifs is 3. The van der Waals surface area contributed by atoms with Crippen molar-refractivity contribution in [3.63, 3.8) is 0 Å². The normalized spacial score (nSPS) is 34.0. The summed E-state index contributed by atoms with van der Waals surface area (Å²) in [5.74, 6) is 0.472. The second-order valence-corrected chi connectivity index (χ2v) is 6.09. The van der Waals surface area contributed by atoms with E-state index in [1.54, 1.807) is 0 Å². The Hall–Kier alpha value is -1.05. The van der Waals surface area contributed by atoms with E-state index in [0.717, 1.165) is 42.6 Å². The van der Waals surface area contributed by atoms with Crippen LogP contribution in [0.25, 0.3) is 0 Å². The Kier molecular flexibility index (Phi) is 3.04. The molecular weight excluding hydrogens is 290 g/mol. The van der Waals surface area contributed by atoms with Gasteiger partial charge in [0.05, 0.1) is 6.07 Å². The van der Waals surface area contributed by atoms with E-state index in [1.807, 2.05) is 24.3 Å². The number of anilines is 1. The molecule has 2 bridgehead atoms. The van der Waals surface area contributed by atoms with Crippen LogP contribution in [-0.4, -0.2) is 30.1 Å². The molecule has 3 heterocycles. The van der Waals surface area contributed by atoms with Crippen molar-refractivity contribution in [2.45, 2.75) is 18.4 Å². The number of benzene rings is 1. The zero-order valence-electron chi connectivity index (χ0n) is 10.2. The third-order valence-electron chi connectivity index (χ3n) is 4.19. The monoisotopic (exact) mass is 305 g/mol. The molecule has 0 saturated carbocycles. The topological polar surface area (TPSA) is 39.1 Å². The number of hydrogen-bond acceptors (Lipinski definition) is 3. The summed E-state index contributed by atoms with van der Waals surface area (Å²) < 4.78 is 1.02. The zero-order chi connectivity index (χ0) is 12.6. The van der Waals surface area contributed by atoms with E-state index >= 15 is 0 Å². The standard InChI is InChI=1S/C14H16BrN3/c15-12-3-1-2-4-13(12)17-14(9-16)10-18-7-5-11(14)6-8-18/h1-4,11,17H,5-8,10H2. The molecule has 4 heteroatoms. The van der Waals surface area contributed by atoms with Crippen LogP contribution in [0.4, 0.5) is 5.69 Å². The summed E-state index contributed by atoms with van der Waals surface area (Å²) in [6.07, 6.45) is 2.26. The van der Waals surface area contributed by atoms with E-state index in [1.165, 1.54) is 0 Å². The van der Waals surface area contributed by atoms with Gasteiger partial charge in [0.2, 0.25) is 0 Å². The third-order valence-corrected chi connectivity index (χ3v) is 4.88. The first kappa shape index (κ1) is 12.0. The van der Waals surface area contributed by atoms with Crippen molar-refractivity contribution >= 4 is 21.6 Å². The Bertz CT molecular complexity index is 488.